The van der Waals surface area contributed by atoms with E-state index in [2.05, 4.69) is 20.9 Å². The molecule has 0 radical (unpaired) electrons. The van der Waals surface area contributed by atoms with Crippen LogP contribution in [0.5, 0.6) is 0 Å². The minimum absolute atomic E-state index is 0.0187. The molecule has 2 aliphatic heterocycles. The number of rotatable bonds is 3. The highest BCUT2D eigenvalue weighted by molar-refractivity contribution is 5.98. The number of nitrogens with zero attached hydrogens (tertiary/aromatic N) is 2. The first-order valence-corrected chi connectivity index (χ1v) is 10.3. The van der Waals surface area contributed by atoms with Crippen LogP contribution in [0, 0.1) is 6.92 Å². The van der Waals surface area contributed by atoms with Gasteiger partial charge in [0.05, 0.1) is 6.61 Å². The first-order valence-electron chi connectivity index (χ1n) is 10.3. The number of fused-ring (bicyclic) bond motifs is 4. The molecule has 1 fully saturated rings. The van der Waals surface area contributed by atoms with Crippen LogP contribution in [0.25, 0.3) is 0 Å². The monoisotopic (exact) mass is 395 g/mol. The molecule has 0 saturated heterocycles. The quantitative estimate of drug-likeness (QED) is 0.540. The predicted octanol–water partition coefficient (Wildman–Crippen LogP) is 1.96. The van der Waals surface area contributed by atoms with E-state index in [1.54, 1.807) is 10.8 Å². The van der Waals surface area contributed by atoms with Gasteiger partial charge in [-0.25, -0.2) is 4.98 Å². The van der Waals surface area contributed by atoms with Gasteiger partial charge in [0.25, 0.3) is 11.5 Å². The summed E-state index contributed by atoms with van der Waals surface area (Å²) in [6, 6.07) is 1.86. The van der Waals surface area contributed by atoms with Crippen molar-refractivity contribution in [3.8, 4) is 0 Å². The average Bonchev–Trinajstić information content (AvgIpc) is 3.01. The molecule has 0 atom stereocenters. The molecule has 4 N–H and O–H groups in total. The zero-order valence-electron chi connectivity index (χ0n) is 16.5. The number of anilines is 3. The van der Waals surface area contributed by atoms with Crippen LogP contribution < -0.4 is 21.5 Å². The fourth-order valence-electron chi connectivity index (χ4n) is 5.03. The predicted molar refractivity (Wildman–Crippen MR) is 110 cm³/mol. The number of aliphatic hydroxyl groups excluding tert-OH is 1. The summed E-state index contributed by atoms with van der Waals surface area (Å²) in [4.78, 5) is 30.8. The highest BCUT2D eigenvalue weighted by atomic mass is 16.3. The van der Waals surface area contributed by atoms with Crippen molar-refractivity contribution in [1.29, 1.82) is 0 Å². The van der Waals surface area contributed by atoms with E-state index in [9.17, 15) is 9.59 Å². The van der Waals surface area contributed by atoms with Gasteiger partial charge >= 0.3 is 0 Å². The number of hydrogen-bond donors (Lipinski definition) is 4. The molecule has 2 aromatic heterocycles. The highest BCUT2D eigenvalue weighted by Crippen LogP contribution is 2.41. The maximum Gasteiger partial charge on any atom is 0.277 e. The zero-order valence-corrected chi connectivity index (χ0v) is 16.5. The Balaban J connectivity index is 1.63. The van der Waals surface area contributed by atoms with E-state index in [4.69, 9.17) is 5.11 Å². The smallest absolute Gasteiger partial charge is 0.277 e. The van der Waals surface area contributed by atoms with Crippen LogP contribution in [0.2, 0.25) is 0 Å². The second-order valence-electron chi connectivity index (χ2n) is 8.19. The van der Waals surface area contributed by atoms with Gasteiger partial charge in [0, 0.05) is 30.9 Å². The molecule has 0 unspecified atom stereocenters. The van der Waals surface area contributed by atoms with Gasteiger partial charge in [0.15, 0.2) is 0 Å². The number of hydrogen-bond acceptors (Lipinski definition) is 6. The minimum Gasteiger partial charge on any atom is -0.395 e. The number of amides is 1. The Kier molecular flexibility index (Phi) is 4.13. The Labute approximate surface area is 168 Å². The van der Waals surface area contributed by atoms with Crippen LogP contribution in [-0.2, 0) is 12.1 Å². The van der Waals surface area contributed by atoms with E-state index < -0.39 is 5.66 Å². The highest BCUT2D eigenvalue weighted by Gasteiger charge is 2.46. The molecule has 1 saturated carbocycles. The van der Waals surface area contributed by atoms with E-state index >= 15 is 0 Å². The normalized spacial score (nSPS) is 18.5. The molecule has 29 heavy (non-hydrogen) atoms. The third-order valence-corrected chi connectivity index (χ3v) is 6.45. The van der Waals surface area contributed by atoms with Gasteiger partial charge in [-0.15, -0.1) is 0 Å². The van der Waals surface area contributed by atoms with Gasteiger partial charge < -0.3 is 21.1 Å². The van der Waals surface area contributed by atoms with Crippen LogP contribution in [0.3, 0.4) is 0 Å². The molecular formula is C21H25N5O3. The second-order valence-corrected chi connectivity index (χ2v) is 8.19. The number of carbonyl (C=O) groups excluding carboxylic acids is 1. The molecule has 2 aromatic rings. The molecule has 3 aliphatic rings. The van der Waals surface area contributed by atoms with E-state index in [0.717, 1.165) is 54.5 Å². The van der Waals surface area contributed by atoms with Crippen molar-refractivity contribution in [2.24, 2.45) is 0 Å². The molecular weight excluding hydrogens is 370 g/mol. The van der Waals surface area contributed by atoms with Crippen LogP contribution in [0.4, 0.5) is 17.2 Å². The Morgan fingerprint density at radius 1 is 1.28 bits per heavy atom. The van der Waals surface area contributed by atoms with Gasteiger partial charge in [0.2, 0.25) is 0 Å². The Hall–Kier alpha value is -2.87. The Morgan fingerprint density at radius 3 is 2.83 bits per heavy atom. The SMILES string of the molecule is Cc1c2c(c(=O)n3c1C(=O)NC31CCCCC1)Nc1cc(NCCO)ncc1C2. The van der Waals surface area contributed by atoms with E-state index in [1.165, 1.54) is 0 Å². The fourth-order valence-corrected chi connectivity index (χ4v) is 5.03. The van der Waals surface area contributed by atoms with Crippen molar-refractivity contribution in [2.45, 2.75) is 51.1 Å². The molecule has 1 amide bonds. The van der Waals surface area contributed by atoms with Crippen molar-refractivity contribution in [1.82, 2.24) is 14.9 Å². The van der Waals surface area contributed by atoms with Gasteiger partial charge in [-0.1, -0.05) is 6.42 Å². The Morgan fingerprint density at radius 2 is 2.07 bits per heavy atom. The lowest BCUT2D eigenvalue weighted by Gasteiger charge is -2.36. The minimum atomic E-state index is -0.588. The summed E-state index contributed by atoms with van der Waals surface area (Å²) in [5, 5.41) is 18.5. The summed E-state index contributed by atoms with van der Waals surface area (Å²) in [6.45, 7) is 2.36. The van der Waals surface area contributed by atoms with Crippen LogP contribution >= 0.6 is 0 Å². The number of nitrogens with one attached hydrogen (secondary N) is 3. The van der Waals surface area contributed by atoms with Crippen LogP contribution in [0.1, 0.15) is 59.3 Å². The first kappa shape index (κ1) is 18.2. The fraction of sp³-hybridized carbons (Fsp3) is 0.476. The van der Waals surface area contributed by atoms with Crippen molar-refractivity contribution in [2.75, 3.05) is 23.8 Å². The van der Waals surface area contributed by atoms with Crippen LogP contribution in [-0.4, -0.2) is 33.7 Å². The third kappa shape index (κ3) is 2.66. The number of pyridine rings is 2. The van der Waals surface area contributed by atoms with Crippen molar-refractivity contribution in [3.63, 3.8) is 0 Å². The lowest BCUT2D eigenvalue weighted by molar-refractivity contribution is 0.0876. The van der Waals surface area contributed by atoms with E-state index in [0.29, 0.717) is 30.2 Å². The summed E-state index contributed by atoms with van der Waals surface area (Å²) in [6.07, 6.45) is 7.05. The Bertz CT molecular complexity index is 1070. The van der Waals surface area contributed by atoms with Gasteiger partial charge in [-0.05, 0) is 49.3 Å². The zero-order chi connectivity index (χ0) is 20.2. The number of aliphatic hydroxyl groups is 1. The summed E-state index contributed by atoms with van der Waals surface area (Å²) >= 11 is 0. The lowest BCUT2D eigenvalue weighted by atomic mass is 9.88. The average molecular weight is 395 g/mol. The first-order chi connectivity index (χ1) is 14.0. The van der Waals surface area contributed by atoms with Gasteiger partial charge in [0.1, 0.15) is 22.9 Å². The summed E-state index contributed by atoms with van der Waals surface area (Å²) in [5.41, 5.74) is 3.89. The molecule has 0 bridgehead atoms. The standard InChI is InChI=1S/C21H25N5O3/c1-12-14-9-13-11-23-16(22-7-8-27)10-15(13)24-17(14)20(29)26-18(12)19(28)25-21(26)5-3-2-4-6-21/h10-11,24,27H,2-9H2,1H3,(H,22,23)(H,25,28). The third-order valence-electron chi connectivity index (χ3n) is 6.45. The largest absolute Gasteiger partial charge is 0.395 e. The maximum atomic E-state index is 13.6. The molecule has 0 aromatic carbocycles. The molecule has 4 heterocycles. The number of carbonyl (C=O) groups is 1. The molecule has 152 valence electrons. The van der Waals surface area contributed by atoms with Crippen molar-refractivity contribution >= 4 is 23.1 Å². The molecule has 5 rings (SSSR count). The van der Waals surface area contributed by atoms with E-state index in [1.807, 2.05) is 13.0 Å². The van der Waals surface area contributed by atoms with Crippen LogP contribution in [0.15, 0.2) is 17.1 Å². The molecule has 8 heteroatoms. The van der Waals surface area contributed by atoms with E-state index in [-0.39, 0.29) is 18.1 Å². The molecule has 8 nitrogen and oxygen atoms in total. The van der Waals surface area contributed by atoms with Gasteiger partial charge in [-0.3, -0.25) is 14.2 Å². The molecule has 1 aliphatic carbocycles. The summed E-state index contributed by atoms with van der Waals surface area (Å²) < 4.78 is 1.73. The van der Waals surface area contributed by atoms with Crippen molar-refractivity contribution in [3.05, 3.63) is 45.0 Å². The topological polar surface area (TPSA) is 108 Å². The second kappa shape index (κ2) is 6.59. The summed E-state index contributed by atoms with van der Waals surface area (Å²) in [5.74, 6) is 0.504. The summed E-state index contributed by atoms with van der Waals surface area (Å²) in [7, 11) is 0. The maximum absolute atomic E-state index is 13.6. The lowest BCUT2D eigenvalue weighted by Crippen LogP contribution is -2.49. The number of aromatic nitrogens is 2. The van der Waals surface area contributed by atoms with Gasteiger partial charge in [-0.2, -0.15) is 0 Å². The van der Waals surface area contributed by atoms with Crippen molar-refractivity contribution < 1.29 is 9.90 Å². The molecule has 1 spiro atoms.